The second-order valence-corrected chi connectivity index (χ2v) is 11.2. The third kappa shape index (κ3) is 6.42. The Hall–Kier alpha value is -5.40. The van der Waals surface area contributed by atoms with E-state index in [4.69, 9.17) is 0 Å². The van der Waals surface area contributed by atoms with Crippen LogP contribution >= 0.6 is 0 Å². The molecule has 0 saturated heterocycles. The Kier molecular flexibility index (Phi) is 9.20. The SMILES string of the molecule is CCC(Nc1cc(F)c(C(=O)NC(Cc2ccc(-c3c(C)c4cc(F)ccc4n(C)c3=O)c3ncccc23)C(=O)O)c(F)c1)C(F)(F)F. The second kappa shape index (κ2) is 13.0. The van der Waals surface area contributed by atoms with E-state index in [2.05, 4.69) is 10.3 Å². The molecule has 0 bridgehead atoms. The van der Waals surface area contributed by atoms with E-state index in [1.807, 2.05) is 5.32 Å². The quantitative estimate of drug-likeness (QED) is 0.151. The molecule has 1 amide bonds. The lowest BCUT2D eigenvalue weighted by atomic mass is 9.92. The number of carboxylic acids is 1. The molecular weight excluding hydrogens is 642 g/mol. The van der Waals surface area contributed by atoms with Crippen LogP contribution in [0, 0.1) is 24.4 Å². The van der Waals surface area contributed by atoms with E-state index in [1.54, 1.807) is 32.2 Å². The van der Waals surface area contributed by atoms with Crippen LogP contribution in [0.4, 0.5) is 32.0 Å². The van der Waals surface area contributed by atoms with E-state index in [-0.39, 0.29) is 17.5 Å². The number of aromatic nitrogens is 2. The fraction of sp³-hybridized carbons (Fsp3) is 0.235. The van der Waals surface area contributed by atoms with Crippen molar-refractivity contribution >= 4 is 39.4 Å². The minimum absolute atomic E-state index is 0.248. The Bertz CT molecular complexity index is 2120. The van der Waals surface area contributed by atoms with Crippen LogP contribution in [0.5, 0.6) is 0 Å². The monoisotopic (exact) mass is 670 g/mol. The molecule has 0 aliphatic heterocycles. The fourth-order valence-corrected chi connectivity index (χ4v) is 5.74. The van der Waals surface area contributed by atoms with Gasteiger partial charge in [0.1, 0.15) is 35.1 Å². The van der Waals surface area contributed by atoms with Crippen LogP contribution in [0.3, 0.4) is 0 Å². The Morgan fingerprint density at radius 3 is 2.31 bits per heavy atom. The number of nitrogens with zero attached hydrogens (tertiary/aromatic N) is 2. The maximum Gasteiger partial charge on any atom is 0.408 e. The third-order valence-electron chi connectivity index (χ3n) is 8.19. The first-order valence-electron chi connectivity index (χ1n) is 14.6. The topological polar surface area (TPSA) is 113 Å². The van der Waals surface area contributed by atoms with Gasteiger partial charge in [-0.2, -0.15) is 13.2 Å². The number of halogens is 6. The number of rotatable bonds is 9. The molecule has 0 fully saturated rings. The lowest BCUT2D eigenvalue weighted by Crippen LogP contribution is -2.43. The highest BCUT2D eigenvalue weighted by molar-refractivity contribution is 6.00. The van der Waals surface area contributed by atoms with Gasteiger partial charge in [0.25, 0.3) is 11.5 Å². The highest BCUT2D eigenvalue weighted by atomic mass is 19.4. The van der Waals surface area contributed by atoms with Crippen LogP contribution in [0.15, 0.2) is 65.6 Å². The van der Waals surface area contributed by atoms with Crippen LogP contribution in [0.1, 0.15) is 34.8 Å². The Balaban J connectivity index is 1.49. The minimum Gasteiger partial charge on any atom is -0.480 e. The van der Waals surface area contributed by atoms with Crippen LogP contribution < -0.4 is 16.2 Å². The van der Waals surface area contributed by atoms with E-state index in [9.17, 15) is 45.8 Å². The van der Waals surface area contributed by atoms with Gasteiger partial charge in [-0.3, -0.25) is 14.6 Å². The van der Waals surface area contributed by atoms with Crippen LogP contribution in [0.25, 0.3) is 32.9 Å². The summed E-state index contributed by atoms with van der Waals surface area (Å²) in [6.45, 7) is 2.91. The average molecular weight is 671 g/mol. The van der Waals surface area contributed by atoms with Crippen molar-refractivity contribution in [1.82, 2.24) is 14.9 Å². The molecule has 14 heteroatoms. The van der Waals surface area contributed by atoms with Crippen molar-refractivity contribution in [3.8, 4) is 11.1 Å². The van der Waals surface area contributed by atoms with Gasteiger partial charge >= 0.3 is 12.1 Å². The molecule has 0 radical (unpaired) electrons. The average Bonchev–Trinajstić information content (AvgIpc) is 3.02. The van der Waals surface area contributed by atoms with Crippen molar-refractivity contribution in [1.29, 1.82) is 0 Å². The number of aryl methyl sites for hydroxylation is 2. The number of amides is 1. The van der Waals surface area contributed by atoms with Gasteiger partial charge < -0.3 is 20.3 Å². The van der Waals surface area contributed by atoms with Gasteiger partial charge in [0, 0.05) is 41.7 Å². The lowest BCUT2D eigenvalue weighted by Gasteiger charge is -2.22. The largest absolute Gasteiger partial charge is 0.480 e. The standard InChI is InChI=1S/C34H28F6N4O4/c1-4-27(34(38,39)40)42-19-14-23(36)29(24(37)15-19)31(45)43-25(33(47)48)12-17-7-9-21(30-20(17)6-5-11-41-30)28-16(2)22-13-18(35)8-10-26(22)44(3)32(28)46/h5-11,13-15,25,27,42H,4,12H2,1-3H3,(H,43,45)(H,47,48). The number of carboxylic acid groups (broad SMARTS) is 1. The van der Waals surface area contributed by atoms with Crippen LogP contribution in [-0.4, -0.2) is 44.8 Å². The zero-order valence-corrected chi connectivity index (χ0v) is 25.7. The van der Waals surface area contributed by atoms with Crippen molar-refractivity contribution in [3.63, 3.8) is 0 Å². The number of carbonyl (C=O) groups excluding carboxylic acids is 1. The minimum atomic E-state index is -4.70. The molecule has 2 heterocycles. The highest BCUT2D eigenvalue weighted by Gasteiger charge is 2.38. The first-order valence-corrected chi connectivity index (χ1v) is 14.6. The van der Waals surface area contributed by atoms with Crippen LogP contribution in [0.2, 0.25) is 0 Å². The zero-order valence-electron chi connectivity index (χ0n) is 25.7. The molecule has 2 aromatic heterocycles. The Morgan fingerprint density at radius 2 is 1.69 bits per heavy atom. The number of benzene rings is 3. The molecule has 3 N–H and O–H groups in total. The third-order valence-corrected chi connectivity index (χ3v) is 8.19. The smallest absolute Gasteiger partial charge is 0.408 e. The van der Waals surface area contributed by atoms with Gasteiger partial charge in [0.05, 0.1) is 16.6 Å². The second-order valence-electron chi connectivity index (χ2n) is 11.2. The summed E-state index contributed by atoms with van der Waals surface area (Å²) in [6, 6.07) is 7.58. The molecule has 2 atom stereocenters. The molecule has 5 aromatic rings. The molecule has 0 saturated carbocycles. The van der Waals surface area contributed by atoms with E-state index in [0.717, 1.165) is 0 Å². The van der Waals surface area contributed by atoms with Crippen molar-refractivity contribution < 1.29 is 41.0 Å². The Labute approximate surface area is 269 Å². The lowest BCUT2D eigenvalue weighted by molar-refractivity contribution is -0.143. The summed E-state index contributed by atoms with van der Waals surface area (Å²) in [5.74, 6) is -6.46. The van der Waals surface area contributed by atoms with E-state index in [1.165, 1.54) is 42.0 Å². The maximum atomic E-state index is 14.9. The van der Waals surface area contributed by atoms with Crippen molar-refractivity contribution in [2.75, 3.05) is 5.32 Å². The molecule has 250 valence electrons. The van der Waals surface area contributed by atoms with Gasteiger partial charge in [0.15, 0.2) is 0 Å². The normalized spacial score (nSPS) is 13.0. The van der Waals surface area contributed by atoms with Crippen molar-refractivity contribution in [3.05, 3.63) is 105 Å². The number of nitrogens with one attached hydrogen (secondary N) is 2. The molecule has 0 aliphatic carbocycles. The van der Waals surface area contributed by atoms with Gasteiger partial charge in [-0.1, -0.05) is 25.1 Å². The number of hydrogen-bond donors (Lipinski definition) is 3. The maximum absolute atomic E-state index is 14.9. The molecule has 8 nitrogen and oxygen atoms in total. The number of hydrogen-bond acceptors (Lipinski definition) is 5. The Morgan fingerprint density at radius 1 is 1.00 bits per heavy atom. The molecule has 5 rings (SSSR count). The van der Waals surface area contributed by atoms with Gasteiger partial charge in [-0.25, -0.2) is 18.0 Å². The summed E-state index contributed by atoms with van der Waals surface area (Å²) >= 11 is 0. The van der Waals surface area contributed by atoms with Gasteiger partial charge in [0.2, 0.25) is 0 Å². The van der Waals surface area contributed by atoms with E-state index < -0.39 is 65.3 Å². The number of carbonyl (C=O) groups is 2. The summed E-state index contributed by atoms with van der Waals surface area (Å²) < 4.78 is 84.8. The first-order chi connectivity index (χ1) is 22.6. The summed E-state index contributed by atoms with van der Waals surface area (Å²) in [4.78, 5) is 43.1. The number of anilines is 1. The van der Waals surface area contributed by atoms with Crippen molar-refractivity contribution in [2.45, 2.75) is 44.9 Å². The molecule has 2 unspecified atom stereocenters. The number of fused-ring (bicyclic) bond motifs is 2. The summed E-state index contributed by atoms with van der Waals surface area (Å²) in [7, 11) is 1.55. The summed E-state index contributed by atoms with van der Waals surface area (Å²) in [5, 5.41) is 14.9. The van der Waals surface area contributed by atoms with Crippen molar-refractivity contribution in [2.24, 2.45) is 7.05 Å². The number of alkyl halides is 3. The molecule has 0 spiro atoms. The highest BCUT2D eigenvalue weighted by Crippen LogP contribution is 2.33. The zero-order chi connectivity index (χ0) is 35.1. The summed E-state index contributed by atoms with van der Waals surface area (Å²) in [5.41, 5.74) is 0.213. The number of pyridine rings is 2. The molecule has 0 aliphatic rings. The van der Waals surface area contributed by atoms with E-state index >= 15 is 0 Å². The fourth-order valence-electron chi connectivity index (χ4n) is 5.74. The molecule has 3 aromatic carbocycles. The molecular formula is C34H28F6N4O4. The summed E-state index contributed by atoms with van der Waals surface area (Å²) in [6.07, 6.45) is -4.05. The van der Waals surface area contributed by atoms with Gasteiger partial charge in [-0.05, 0) is 60.9 Å². The van der Waals surface area contributed by atoms with Crippen LogP contribution in [-0.2, 0) is 18.3 Å². The predicted molar refractivity (Wildman–Crippen MR) is 167 cm³/mol. The predicted octanol–water partition coefficient (Wildman–Crippen LogP) is 6.66. The molecule has 48 heavy (non-hydrogen) atoms. The number of aliphatic carboxylic acids is 1. The van der Waals surface area contributed by atoms with Gasteiger partial charge in [-0.15, -0.1) is 0 Å². The first kappa shape index (κ1) is 33.9. The van der Waals surface area contributed by atoms with E-state index in [0.29, 0.717) is 50.6 Å².